The van der Waals surface area contributed by atoms with Gasteiger partial charge in [-0.25, -0.2) is 0 Å². The van der Waals surface area contributed by atoms with E-state index < -0.39 is 0 Å². The molecule has 3 nitrogen and oxygen atoms in total. The molecule has 2 N–H and O–H groups in total. The number of hydrogen-bond donors (Lipinski definition) is 2. The molecule has 2 atom stereocenters. The minimum absolute atomic E-state index is 0.0753. The highest BCUT2D eigenvalue weighted by Crippen LogP contribution is 2.31. The predicted octanol–water partition coefficient (Wildman–Crippen LogP) is 2.09. The lowest BCUT2D eigenvalue weighted by molar-refractivity contribution is 0.0453. The number of hydrogen-bond acceptors (Lipinski definition) is 3. The van der Waals surface area contributed by atoms with Crippen molar-refractivity contribution in [3.05, 3.63) is 0 Å². The fourth-order valence-electron chi connectivity index (χ4n) is 2.45. The fourth-order valence-corrected chi connectivity index (χ4v) is 2.45. The maximum atomic E-state index is 9.36. The molecule has 0 bridgehead atoms. The Hall–Kier alpha value is -0.120. The van der Waals surface area contributed by atoms with Crippen molar-refractivity contribution < 1.29 is 9.84 Å². The van der Waals surface area contributed by atoms with Gasteiger partial charge < -0.3 is 15.2 Å². The quantitative estimate of drug-likeness (QED) is 0.626. The number of aliphatic hydroxyl groups excluding tert-OH is 1. The summed E-state index contributed by atoms with van der Waals surface area (Å²) < 4.78 is 5.86. The van der Waals surface area contributed by atoms with E-state index in [1.54, 1.807) is 0 Å². The highest BCUT2D eigenvalue weighted by atomic mass is 16.5. The molecule has 1 aliphatic rings. The molecule has 0 radical (unpaired) electrons. The number of rotatable bonds is 8. The van der Waals surface area contributed by atoms with Gasteiger partial charge in [-0.05, 0) is 32.7 Å². The van der Waals surface area contributed by atoms with Crippen molar-refractivity contribution in [2.45, 2.75) is 63.5 Å². The average molecular weight is 229 g/mol. The van der Waals surface area contributed by atoms with E-state index in [1.807, 2.05) is 7.05 Å². The molecule has 1 fully saturated rings. The number of nitrogens with one attached hydrogen (secondary N) is 1. The second-order valence-corrected chi connectivity index (χ2v) is 4.98. The van der Waals surface area contributed by atoms with Crippen LogP contribution in [0.4, 0.5) is 0 Å². The molecule has 0 heterocycles. The van der Waals surface area contributed by atoms with Crippen LogP contribution in [0.2, 0.25) is 0 Å². The summed E-state index contributed by atoms with van der Waals surface area (Å²) >= 11 is 0. The van der Waals surface area contributed by atoms with Crippen LogP contribution in [0.5, 0.6) is 0 Å². The largest absolute Gasteiger partial charge is 0.394 e. The van der Waals surface area contributed by atoms with E-state index in [0.29, 0.717) is 6.10 Å². The lowest BCUT2D eigenvalue weighted by atomic mass is 9.99. The first-order valence-corrected chi connectivity index (χ1v) is 6.67. The van der Waals surface area contributed by atoms with Crippen molar-refractivity contribution in [2.75, 3.05) is 20.3 Å². The third kappa shape index (κ3) is 4.04. The molecule has 0 saturated heterocycles. The lowest BCUT2D eigenvalue weighted by Crippen LogP contribution is -2.44. The summed E-state index contributed by atoms with van der Waals surface area (Å²) in [6, 6.07) is 0. The van der Waals surface area contributed by atoms with E-state index in [9.17, 15) is 5.11 Å². The molecule has 96 valence electrons. The Kier molecular flexibility index (Phi) is 6.32. The summed E-state index contributed by atoms with van der Waals surface area (Å²) in [6.07, 6.45) is 8.45. The first kappa shape index (κ1) is 13.9. The first-order chi connectivity index (χ1) is 7.76. The molecule has 0 aromatic heterocycles. The summed E-state index contributed by atoms with van der Waals surface area (Å²) in [4.78, 5) is 0. The van der Waals surface area contributed by atoms with Crippen molar-refractivity contribution in [3.8, 4) is 0 Å². The van der Waals surface area contributed by atoms with Gasteiger partial charge in [-0.1, -0.05) is 26.2 Å². The Morgan fingerprint density at radius 3 is 2.75 bits per heavy atom. The van der Waals surface area contributed by atoms with Crippen LogP contribution in [0.15, 0.2) is 0 Å². The Bertz CT molecular complexity index is 181. The van der Waals surface area contributed by atoms with Gasteiger partial charge in [0.15, 0.2) is 0 Å². The van der Waals surface area contributed by atoms with E-state index in [1.165, 1.54) is 25.7 Å². The molecular weight excluding hydrogens is 202 g/mol. The molecule has 3 heteroatoms. The van der Waals surface area contributed by atoms with Crippen LogP contribution in [0, 0.1) is 0 Å². The normalized spacial score (nSPS) is 29.8. The van der Waals surface area contributed by atoms with Gasteiger partial charge >= 0.3 is 0 Å². The van der Waals surface area contributed by atoms with E-state index >= 15 is 0 Å². The third-order valence-corrected chi connectivity index (χ3v) is 3.75. The maximum absolute atomic E-state index is 9.36. The molecule has 1 aliphatic carbocycles. The van der Waals surface area contributed by atoms with Gasteiger partial charge in [-0.15, -0.1) is 0 Å². The summed E-state index contributed by atoms with van der Waals surface area (Å²) in [5.74, 6) is 0. The lowest BCUT2D eigenvalue weighted by Gasteiger charge is -2.26. The minimum Gasteiger partial charge on any atom is -0.394 e. The molecule has 1 rings (SSSR count). The Morgan fingerprint density at radius 2 is 2.19 bits per heavy atom. The van der Waals surface area contributed by atoms with Gasteiger partial charge in [-0.2, -0.15) is 0 Å². The summed E-state index contributed by atoms with van der Waals surface area (Å²) in [5, 5.41) is 12.6. The summed E-state index contributed by atoms with van der Waals surface area (Å²) in [7, 11) is 1.93. The second kappa shape index (κ2) is 7.25. The van der Waals surface area contributed by atoms with E-state index in [-0.39, 0.29) is 12.1 Å². The van der Waals surface area contributed by atoms with Crippen LogP contribution >= 0.6 is 0 Å². The molecule has 0 aliphatic heterocycles. The van der Waals surface area contributed by atoms with Crippen LogP contribution in [-0.2, 0) is 4.74 Å². The van der Waals surface area contributed by atoms with Crippen LogP contribution in [0.25, 0.3) is 0 Å². The zero-order valence-corrected chi connectivity index (χ0v) is 10.8. The highest BCUT2D eigenvalue weighted by Gasteiger charge is 2.37. The topological polar surface area (TPSA) is 41.5 Å². The Balaban J connectivity index is 2.11. The van der Waals surface area contributed by atoms with Crippen molar-refractivity contribution in [2.24, 2.45) is 0 Å². The van der Waals surface area contributed by atoms with Gasteiger partial charge in [0.05, 0.1) is 12.7 Å². The molecule has 16 heavy (non-hydrogen) atoms. The second-order valence-electron chi connectivity index (χ2n) is 4.98. The third-order valence-electron chi connectivity index (χ3n) is 3.75. The molecular formula is C13H27NO2. The van der Waals surface area contributed by atoms with E-state index in [4.69, 9.17) is 4.74 Å². The Morgan fingerprint density at radius 1 is 1.38 bits per heavy atom. The van der Waals surface area contributed by atoms with Crippen molar-refractivity contribution in [3.63, 3.8) is 0 Å². The van der Waals surface area contributed by atoms with Crippen LogP contribution < -0.4 is 5.32 Å². The van der Waals surface area contributed by atoms with Crippen molar-refractivity contribution in [1.82, 2.24) is 5.32 Å². The molecule has 0 spiro atoms. The SMILES string of the molecule is CCCCCCOC1CCC(CO)(NC)C1. The van der Waals surface area contributed by atoms with Crippen LogP contribution in [-0.4, -0.2) is 37.0 Å². The average Bonchev–Trinajstić information content (AvgIpc) is 2.73. The summed E-state index contributed by atoms with van der Waals surface area (Å²) in [6.45, 7) is 3.33. The smallest absolute Gasteiger partial charge is 0.0614 e. The number of ether oxygens (including phenoxy) is 1. The van der Waals surface area contributed by atoms with Gasteiger partial charge in [0, 0.05) is 12.1 Å². The molecule has 2 unspecified atom stereocenters. The first-order valence-electron chi connectivity index (χ1n) is 6.67. The summed E-state index contributed by atoms with van der Waals surface area (Å²) in [5.41, 5.74) is -0.0753. The zero-order chi connectivity index (χ0) is 11.9. The predicted molar refractivity (Wildman–Crippen MR) is 66.6 cm³/mol. The standard InChI is InChI=1S/C13H27NO2/c1-3-4-5-6-9-16-12-7-8-13(10-12,11-15)14-2/h12,14-15H,3-11H2,1-2H3. The molecule has 1 saturated carbocycles. The van der Waals surface area contributed by atoms with Gasteiger partial charge in [0.25, 0.3) is 0 Å². The van der Waals surface area contributed by atoms with Crippen molar-refractivity contribution >= 4 is 0 Å². The van der Waals surface area contributed by atoms with Gasteiger partial charge in [0.2, 0.25) is 0 Å². The fraction of sp³-hybridized carbons (Fsp3) is 1.00. The Labute approximate surface area is 99.6 Å². The van der Waals surface area contributed by atoms with Gasteiger partial charge in [-0.3, -0.25) is 0 Å². The van der Waals surface area contributed by atoms with Crippen LogP contribution in [0.1, 0.15) is 51.9 Å². The highest BCUT2D eigenvalue weighted by molar-refractivity contribution is 4.95. The molecule has 0 aromatic carbocycles. The molecule has 0 amide bonds. The van der Waals surface area contributed by atoms with Gasteiger partial charge in [0.1, 0.15) is 0 Å². The van der Waals surface area contributed by atoms with E-state index in [0.717, 1.165) is 25.9 Å². The van der Waals surface area contributed by atoms with E-state index in [2.05, 4.69) is 12.2 Å². The monoisotopic (exact) mass is 229 g/mol. The molecule has 0 aromatic rings. The number of likely N-dealkylation sites (N-methyl/N-ethyl adjacent to an activating group) is 1. The maximum Gasteiger partial charge on any atom is 0.0614 e. The number of aliphatic hydroxyl groups is 1. The zero-order valence-electron chi connectivity index (χ0n) is 10.8. The minimum atomic E-state index is -0.0753. The number of unbranched alkanes of at least 4 members (excludes halogenated alkanes) is 3. The van der Waals surface area contributed by atoms with Crippen molar-refractivity contribution in [1.29, 1.82) is 0 Å². The van der Waals surface area contributed by atoms with Crippen LogP contribution in [0.3, 0.4) is 0 Å².